The highest BCUT2D eigenvalue weighted by Gasteiger charge is 2.19. The SMILES string of the molecule is CNCc1ccc(S(=O)(=O)NCc2sccc2C)c(F)c1. The fourth-order valence-corrected chi connectivity index (χ4v) is 3.89. The van der Waals surface area contributed by atoms with Crippen molar-refractivity contribution in [1.29, 1.82) is 0 Å². The second-order valence-electron chi connectivity index (χ2n) is 4.65. The molecule has 114 valence electrons. The first kappa shape index (κ1) is 16.1. The molecule has 0 aliphatic heterocycles. The molecule has 21 heavy (non-hydrogen) atoms. The molecule has 0 amide bonds. The van der Waals surface area contributed by atoms with Crippen molar-refractivity contribution < 1.29 is 12.8 Å². The fraction of sp³-hybridized carbons (Fsp3) is 0.286. The lowest BCUT2D eigenvalue weighted by molar-refractivity contribution is 0.555. The highest BCUT2D eigenvalue weighted by molar-refractivity contribution is 7.89. The normalized spacial score (nSPS) is 11.8. The van der Waals surface area contributed by atoms with E-state index >= 15 is 0 Å². The number of thiophene rings is 1. The van der Waals surface area contributed by atoms with Gasteiger partial charge in [-0.25, -0.2) is 17.5 Å². The zero-order valence-corrected chi connectivity index (χ0v) is 13.4. The number of nitrogens with one attached hydrogen (secondary N) is 2. The number of sulfonamides is 1. The minimum absolute atomic E-state index is 0.170. The minimum Gasteiger partial charge on any atom is -0.316 e. The molecule has 0 spiro atoms. The Morgan fingerprint density at radius 1 is 1.24 bits per heavy atom. The van der Waals surface area contributed by atoms with Gasteiger partial charge in [-0.1, -0.05) is 6.07 Å². The van der Waals surface area contributed by atoms with Crippen LogP contribution in [0.15, 0.2) is 34.5 Å². The Kier molecular flexibility index (Phi) is 5.10. The summed E-state index contributed by atoms with van der Waals surface area (Å²) in [5, 5.41) is 4.78. The monoisotopic (exact) mass is 328 g/mol. The van der Waals surface area contributed by atoms with Gasteiger partial charge in [-0.3, -0.25) is 0 Å². The Morgan fingerprint density at radius 2 is 2.00 bits per heavy atom. The molecule has 1 aromatic heterocycles. The first-order valence-corrected chi connectivity index (χ1v) is 8.76. The average molecular weight is 328 g/mol. The van der Waals surface area contributed by atoms with Gasteiger partial charge in [-0.05, 0) is 48.7 Å². The summed E-state index contributed by atoms with van der Waals surface area (Å²) in [6, 6.07) is 6.05. The van der Waals surface area contributed by atoms with Crippen LogP contribution < -0.4 is 10.0 Å². The number of rotatable bonds is 6. The van der Waals surface area contributed by atoms with E-state index in [1.165, 1.54) is 23.5 Å². The summed E-state index contributed by atoms with van der Waals surface area (Å²) < 4.78 is 40.7. The van der Waals surface area contributed by atoms with Crippen molar-refractivity contribution in [2.24, 2.45) is 0 Å². The van der Waals surface area contributed by atoms with E-state index in [0.717, 1.165) is 10.4 Å². The zero-order chi connectivity index (χ0) is 15.5. The van der Waals surface area contributed by atoms with Gasteiger partial charge in [0.05, 0.1) is 0 Å². The van der Waals surface area contributed by atoms with E-state index in [9.17, 15) is 12.8 Å². The molecule has 1 aromatic carbocycles. The molecule has 2 rings (SSSR count). The van der Waals surface area contributed by atoms with Crippen LogP contribution in [0.2, 0.25) is 0 Å². The van der Waals surface area contributed by atoms with E-state index in [-0.39, 0.29) is 11.4 Å². The van der Waals surface area contributed by atoms with Gasteiger partial charge in [0, 0.05) is 18.0 Å². The summed E-state index contributed by atoms with van der Waals surface area (Å²) in [5.41, 5.74) is 1.72. The number of aryl methyl sites for hydroxylation is 1. The van der Waals surface area contributed by atoms with Gasteiger partial charge < -0.3 is 5.32 Å². The highest BCUT2D eigenvalue weighted by Crippen LogP contribution is 2.19. The van der Waals surface area contributed by atoms with Gasteiger partial charge in [-0.2, -0.15) is 0 Å². The molecule has 0 atom stereocenters. The maximum Gasteiger partial charge on any atom is 0.243 e. The van der Waals surface area contributed by atoms with Crippen molar-refractivity contribution in [1.82, 2.24) is 10.0 Å². The van der Waals surface area contributed by atoms with Crippen molar-refractivity contribution in [2.45, 2.75) is 24.9 Å². The van der Waals surface area contributed by atoms with Crippen LogP contribution in [0.3, 0.4) is 0 Å². The molecule has 1 heterocycles. The quantitative estimate of drug-likeness (QED) is 0.856. The van der Waals surface area contributed by atoms with Crippen LogP contribution in [0.25, 0.3) is 0 Å². The Labute approximate surface area is 128 Å². The molecule has 2 aromatic rings. The molecule has 0 bridgehead atoms. The van der Waals surface area contributed by atoms with Crippen LogP contribution >= 0.6 is 11.3 Å². The lowest BCUT2D eigenvalue weighted by Gasteiger charge is -2.09. The molecule has 0 unspecified atom stereocenters. The van der Waals surface area contributed by atoms with Crippen molar-refractivity contribution in [3.05, 3.63) is 51.5 Å². The molecule has 4 nitrogen and oxygen atoms in total. The maximum absolute atomic E-state index is 14.0. The first-order valence-electron chi connectivity index (χ1n) is 6.39. The summed E-state index contributed by atoms with van der Waals surface area (Å²) in [7, 11) is -2.11. The van der Waals surface area contributed by atoms with Crippen LogP contribution in [-0.2, 0) is 23.1 Å². The molecular weight excluding hydrogens is 311 g/mol. The average Bonchev–Trinajstić information content (AvgIpc) is 2.82. The summed E-state index contributed by atoms with van der Waals surface area (Å²) in [4.78, 5) is 0.599. The standard InChI is InChI=1S/C14H17FN2O2S2/c1-10-5-6-20-13(10)9-17-21(18,19)14-4-3-11(8-16-2)7-12(14)15/h3-7,16-17H,8-9H2,1-2H3. The van der Waals surface area contributed by atoms with Gasteiger partial charge in [0.1, 0.15) is 10.7 Å². The lowest BCUT2D eigenvalue weighted by atomic mass is 10.2. The third kappa shape index (κ3) is 3.88. The Hall–Kier alpha value is -1.28. The van der Waals surface area contributed by atoms with Crippen LogP contribution in [0, 0.1) is 12.7 Å². The van der Waals surface area contributed by atoms with Gasteiger partial charge in [0.25, 0.3) is 0 Å². The smallest absolute Gasteiger partial charge is 0.243 e. The van der Waals surface area contributed by atoms with E-state index in [4.69, 9.17) is 0 Å². The van der Waals surface area contributed by atoms with Gasteiger partial charge in [0.2, 0.25) is 10.0 Å². The first-order chi connectivity index (χ1) is 9.94. The largest absolute Gasteiger partial charge is 0.316 e. The third-order valence-corrected chi connectivity index (χ3v) is 5.52. The second kappa shape index (κ2) is 6.65. The lowest BCUT2D eigenvalue weighted by Crippen LogP contribution is -2.24. The second-order valence-corrected chi connectivity index (χ2v) is 7.38. The maximum atomic E-state index is 14.0. The number of benzene rings is 1. The molecule has 0 fully saturated rings. The number of hydrogen-bond donors (Lipinski definition) is 2. The van der Waals surface area contributed by atoms with Crippen LogP contribution in [0.1, 0.15) is 16.0 Å². The molecular formula is C14H17FN2O2S2. The summed E-state index contributed by atoms with van der Waals surface area (Å²) in [6.07, 6.45) is 0. The van der Waals surface area contributed by atoms with Crippen LogP contribution in [0.5, 0.6) is 0 Å². The van der Waals surface area contributed by atoms with E-state index in [1.54, 1.807) is 13.1 Å². The minimum atomic E-state index is -3.85. The molecule has 0 aliphatic carbocycles. The van der Waals surface area contributed by atoms with Gasteiger partial charge in [0.15, 0.2) is 0 Å². The number of halogens is 1. The van der Waals surface area contributed by atoms with Crippen LogP contribution in [0.4, 0.5) is 4.39 Å². The summed E-state index contributed by atoms with van der Waals surface area (Å²) >= 11 is 1.47. The van der Waals surface area contributed by atoms with Crippen molar-refractivity contribution in [3.8, 4) is 0 Å². The highest BCUT2D eigenvalue weighted by atomic mass is 32.2. The summed E-state index contributed by atoms with van der Waals surface area (Å²) in [5.74, 6) is -0.738. The number of hydrogen-bond acceptors (Lipinski definition) is 4. The van der Waals surface area contributed by atoms with E-state index in [2.05, 4.69) is 10.0 Å². The molecule has 0 radical (unpaired) electrons. The van der Waals surface area contributed by atoms with E-state index < -0.39 is 15.8 Å². The molecule has 2 N–H and O–H groups in total. The third-order valence-electron chi connectivity index (χ3n) is 3.06. The Morgan fingerprint density at radius 3 is 2.57 bits per heavy atom. The molecule has 7 heteroatoms. The van der Waals surface area contributed by atoms with Gasteiger partial charge >= 0.3 is 0 Å². The molecule has 0 saturated heterocycles. The Balaban J connectivity index is 2.17. The Bertz CT molecular complexity index is 726. The van der Waals surface area contributed by atoms with Crippen molar-refractivity contribution in [3.63, 3.8) is 0 Å². The van der Waals surface area contributed by atoms with Crippen LogP contribution in [-0.4, -0.2) is 15.5 Å². The predicted molar refractivity (Wildman–Crippen MR) is 82.2 cm³/mol. The summed E-state index contributed by atoms with van der Waals surface area (Å²) in [6.45, 7) is 2.57. The predicted octanol–water partition coefficient (Wildman–Crippen LogP) is 2.39. The van der Waals surface area contributed by atoms with Crippen molar-refractivity contribution in [2.75, 3.05) is 7.05 Å². The molecule has 0 aliphatic rings. The van der Waals surface area contributed by atoms with E-state index in [0.29, 0.717) is 12.1 Å². The van der Waals surface area contributed by atoms with Crippen molar-refractivity contribution >= 4 is 21.4 Å². The zero-order valence-electron chi connectivity index (χ0n) is 11.8. The topological polar surface area (TPSA) is 58.2 Å². The fourth-order valence-electron chi connectivity index (χ4n) is 1.90. The van der Waals surface area contributed by atoms with Gasteiger partial charge in [-0.15, -0.1) is 11.3 Å². The molecule has 0 saturated carbocycles. The van der Waals surface area contributed by atoms with E-state index in [1.807, 2.05) is 18.4 Å².